The highest BCUT2D eigenvalue weighted by Crippen LogP contribution is 2.32. The normalized spacial score (nSPS) is 15.2. The summed E-state index contributed by atoms with van der Waals surface area (Å²) >= 11 is 9.41. The summed E-state index contributed by atoms with van der Waals surface area (Å²) in [5.41, 5.74) is 1.70. The van der Waals surface area contributed by atoms with Crippen molar-refractivity contribution in [2.75, 3.05) is 18.0 Å². The van der Waals surface area contributed by atoms with Crippen LogP contribution in [0, 0.1) is 18.3 Å². The molecule has 0 aromatic carbocycles. The molecule has 1 N–H and O–H groups in total. The van der Waals surface area contributed by atoms with Gasteiger partial charge >= 0.3 is 5.97 Å². The van der Waals surface area contributed by atoms with Crippen molar-refractivity contribution in [1.82, 2.24) is 9.55 Å². The number of rotatable bonds is 3. The molecule has 0 spiro atoms. The highest BCUT2D eigenvalue weighted by atomic mass is 79.9. The van der Waals surface area contributed by atoms with Gasteiger partial charge in [0.05, 0.1) is 11.6 Å². The molecule has 2 aromatic heterocycles. The first-order valence-corrected chi connectivity index (χ1v) is 9.01. The Bertz CT molecular complexity index is 866. The summed E-state index contributed by atoms with van der Waals surface area (Å²) in [5, 5.41) is 18.8. The standard InChI is InChI=1S/C17H16BrClN4O2/c1-10-13(18)8-14(17(24)25)23(10)12-2-4-22(5-3-12)16-7-11(9-20)6-15(19)21-16/h6-8,12H,2-5H2,1H3,(H,24,25). The lowest BCUT2D eigenvalue weighted by atomic mass is 10.0. The minimum Gasteiger partial charge on any atom is -0.477 e. The Morgan fingerprint density at radius 3 is 2.68 bits per heavy atom. The largest absolute Gasteiger partial charge is 0.477 e. The number of nitrogens with zero attached hydrogens (tertiary/aromatic N) is 4. The van der Waals surface area contributed by atoms with Crippen LogP contribution >= 0.6 is 27.5 Å². The Morgan fingerprint density at radius 1 is 1.40 bits per heavy atom. The Morgan fingerprint density at radius 2 is 2.08 bits per heavy atom. The third-order valence-electron chi connectivity index (χ3n) is 4.51. The van der Waals surface area contributed by atoms with Crippen LogP contribution in [-0.4, -0.2) is 33.7 Å². The van der Waals surface area contributed by atoms with E-state index in [0.717, 1.165) is 36.1 Å². The highest BCUT2D eigenvalue weighted by molar-refractivity contribution is 9.10. The number of carboxylic acid groups (broad SMARTS) is 1. The molecule has 8 heteroatoms. The second kappa shape index (κ2) is 7.06. The third kappa shape index (κ3) is 3.51. The molecule has 0 saturated carbocycles. The summed E-state index contributed by atoms with van der Waals surface area (Å²) in [5.74, 6) is -0.238. The summed E-state index contributed by atoms with van der Waals surface area (Å²) < 4.78 is 2.71. The Hall–Kier alpha value is -2.04. The second-order valence-electron chi connectivity index (χ2n) is 6.00. The van der Waals surface area contributed by atoms with E-state index in [0.29, 0.717) is 22.2 Å². The Balaban J connectivity index is 1.80. The Labute approximate surface area is 158 Å². The SMILES string of the molecule is Cc1c(Br)cc(C(=O)O)n1C1CCN(c2cc(C#N)cc(Cl)n2)CC1. The third-order valence-corrected chi connectivity index (χ3v) is 5.51. The van der Waals surface area contributed by atoms with E-state index in [2.05, 4.69) is 31.9 Å². The predicted octanol–water partition coefficient (Wildman–Crippen LogP) is 4.02. The summed E-state index contributed by atoms with van der Waals surface area (Å²) in [6, 6.07) is 7.12. The smallest absolute Gasteiger partial charge is 0.352 e. The lowest BCUT2D eigenvalue weighted by Crippen LogP contribution is -2.36. The fraction of sp³-hybridized carbons (Fsp3) is 0.353. The summed E-state index contributed by atoms with van der Waals surface area (Å²) in [6.07, 6.45) is 1.58. The van der Waals surface area contributed by atoms with E-state index in [4.69, 9.17) is 16.9 Å². The van der Waals surface area contributed by atoms with Gasteiger partial charge in [-0.1, -0.05) is 11.6 Å². The van der Waals surface area contributed by atoms with Gasteiger partial charge in [0.25, 0.3) is 0 Å². The van der Waals surface area contributed by atoms with Gasteiger partial charge in [-0.05, 0) is 53.9 Å². The summed E-state index contributed by atoms with van der Waals surface area (Å²) in [4.78, 5) is 17.9. The first kappa shape index (κ1) is 17.8. The minimum absolute atomic E-state index is 0.114. The van der Waals surface area contributed by atoms with E-state index >= 15 is 0 Å². The number of anilines is 1. The first-order valence-electron chi connectivity index (χ1n) is 7.84. The van der Waals surface area contributed by atoms with E-state index in [1.165, 1.54) is 6.07 Å². The quantitative estimate of drug-likeness (QED) is 0.754. The molecule has 0 aliphatic carbocycles. The number of carbonyl (C=O) groups is 1. The zero-order valence-corrected chi connectivity index (χ0v) is 15.9. The monoisotopic (exact) mass is 422 g/mol. The van der Waals surface area contributed by atoms with Crippen LogP contribution in [0.3, 0.4) is 0 Å². The second-order valence-corrected chi connectivity index (χ2v) is 7.25. The molecule has 25 heavy (non-hydrogen) atoms. The van der Waals surface area contributed by atoms with Gasteiger partial charge in [-0.25, -0.2) is 9.78 Å². The van der Waals surface area contributed by atoms with E-state index in [1.54, 1.807) is 12.1 Å². The predicted molar refractivity (Wildman–Crippen MR) is 98.3 cm³/mol. The van der Waals surface area contributed by atoms with Crippen molar-refractivity contribution in [3.63, 3.8) is 0 Å². The van der Waals surface area contributed by atoms with Gasteiger partial charge in [-0.3, -0.25) is 0 Å². The van der Waals surface area contributed by atoms with Gasteiger partial charge in [0.15, 0.2) is 0 Å². The van der Waals surface area contributed by atoms with Crippen LogP contribution in [0.2, 0.25) is 5.15 Å². The van der Waals surface area contributed by atoms with Gasteiger partial charge in [0.2, 0.25) is 0 Å². The van der Waals surface area contributed by atoms with Gasteiger partial charge < -0.3 is 14.6 Å². The number of carboxylic acids is 1. The van der Waals surface area contributed by atoms with Gasteiger partial charge in [-0.2, -0.15) is 5.26 Å². The lowest BCUT2D eigenvalue weighted by molar-refractivity contribution is 0.0681. The molecule has 1 aliphatic rings. The van der Waals surface area contributed by atoms with E-state index in [-0.39, 0.29) is 6.04 Å². The lowest BCUT2D eigenvalue weighted by Gasteiger charge is -2.34. The van der Waals surface area contributed by atoms with Gasteiger partial charge in [-0.15, -0.1) is 0 Å². The summed E-state index contributed by atoms with van der Waals surface area (Å²) in [7, 11) is 0. The number of pyridine rings is 1. The van der Waals surface area contributed by atoms with Crippen LogP contribution in [0.25, 0.3) is 0 Å². The number of hydrogen-bond acceptors (Lipinski definition) is 4. The molecular weight excluding hydrogens is 408 g/mol. The van der Waals surface area contributed by atoms with Crippen LogP contribution in [0.5, 0.6) is 0 Å². The number of aromatic carboxylic acids is 1. The molecule has 0 bridgehead atoms. The van der Waals surface area contributed by atoms with Gasteiger partial charge in [0, 0.05) is 29.3 Å². The van der Waals surface area contributed by atoms with E-state index < -0.39 is 5.97 Å². The maximum atomic E-state index is 11.5. The molecule has 3 heterocycles. The van der Waals surface area contributed by atoms with Crippen LogP contribution in [0.4, 0.5) is 5.82 Å². The molecule has 0 atom stereocenters. The van der Waals surface area contributed by atoms with Gasteiger partial charge in [0.1, 0.15) is 16.7 Å². The van der Waals surface area contributed by atoms with Crippen molar-refractivity contribution in [3.8, 4) is 6.07 Å². The van der Waals surface area contributed by atoms with Crippen molar-refractivity contribution >= 4 is 39.3 Å². The van der Waals surface area contributed by atoms with Crippen LogP contribution in [0.15, 0.2) is 22.7 Å². The molecule has 130 valence electrons. The highest BCUT2D eigenvalue weighted by Gasteiger charge is 2.27. The zero-order chi connectivity index (χ0) is 18.1. The number of piperidine rings is 1. The van der Waals surface area contributed by atoms with Crippen molar-refractivity contribution in [2.24, 2.45) is 0 Å². The number of nitriles is 1. The van der Waals surface area contributed by atoms with Crippen LogP contribution in [0.1, 0.15) is 40.6 Å². The van der Waals surface area contributed by atoms with Crippen molar-refractivity contribution in [1.29, 1.82) is 5.26 Å². The topological polar surface area (TPSA) is 82.1 Å². The molecule has 0 unspecified atom stereocenters. The molecule has 1 saturated heterocycles. The molecule has 0 radical (unpaired) electrons. The maximum absolute atomic E-state index is 11.5. The Kier molecular flexibility index (Phi) is 5.02. The average Bonchev–Trinajstić information content (AvgIpc) is 2.90. The maximum Gasteiger partial charge on any atom is 0.352 e. The van der Waals surface area contributed by atoms with E-state index in [9.17, 15) is 9.90 Å². The molecule has 6 nitrogen and oxygen atoms in total. The summed E-state index contributed by atoms with van der Waals surface area (Å²) in [6.45, 7) is 3.36. The molecule has 1 fully saturated rings. The number of aromatic nitrogens is 2. The van der Waals surface area contributed by atoms with Crippen molar-refractivity contribution in [3.05, 3.63) is 44.8 Å². The first-order chi connectivity index (χ1) is 11.9. The average molecular weight is 424 g/mol. The van der Waals surface area contributed by atoms with E-state index in [1.807, 2.05) is 11.5 Å². The molecule has 1 aliphatic heterocycles. The number of halogens is 2. The van der Waals surface area contributed by atoms with Crippen molar-refractivity contribution < 1.29 is 9.90 Å². The fourth-order valence-electron chi connectivity index (χ4n) is 3.29. The molecule has 0 amide bonds. The fourth-order valence-corrected chi connectivity index (χ4v) is 3.90. The zero-order valence-electron chi connectivity index (χ0n) is 13.5. The molecule has 2 aromatic rings. The minimum atomic E-state index is -0.925. The number of hydrogen-bond donors (Lipinski definition) is 1. The van der Waals surface area contributed by atoms with Crippen LogP contribution < -0.4 is 4.90 Å². The van der Waals surface area contributed by atoms with Crippen molar-refractivity contribution in [2.45, 2.75) is 25.8 Å². The molecule has 3 rings (SSSR count). The molecular formula is C17H16BrClN4O2. The van der Waals surface area contributed by atoms with Crippen LogP contribution in [-0.2, 0) is 0 Å².